The number of nitriles is 1. The standard InChI is InChI=1S/C8H5ClN4/c9-1-7-5-13-4-6(2-10)3-11-8(13)12-7/h3-5H,1H2. The second-order valence-electron chi connectivity index (χ2n) is 2.53. The molecule has 2 heterocycles. The van der Waals surface area contributed by atoms with Crippen LogP contribution in [0.4, 0.5) is 0 Å². The number of fused-ring (bicyclic) bond motifs is 1. The third-order valence-electron chi connectivity index (χ3n) is 1.63. The van der Waals surface area contributed by atoms with Crippen molar-refractivity contribution < 1.29 is 0 Å². The van der Waals surface area contributed by atoms with Gasteiger partial charge in [-0.2, -0.15) is 5.26 Å². The molecule has 0 amide bonds. The van der Waals surface area contributed by atoms with Gasteiger partial charge in [-0.1, -0.05) is 0 Å². The molecule has 0 radical (unpaired) electrons. The molecule has 5 heteroatoms. The Morgan fingerprint density at radius 1 is 1.54 bits per heavy atom. The van der Waals surface area contributed by atoms with Crippen molar-refractivity contribution in [3.8, 4) is 6.07 Å². The van der Waals surface area contributed by atoms with Crippen LogP contribution in [0.2, 0.25) is 0 Å². The zero-order valence-electron chi connectivity index (χ0n) is 6.61. The summed E-state index contributed by atoms with van der Waals surface area (Å²) in [5.74, 6) is 0.917. The van der Waals surface area contributed by atoms with Crippen LogP contribution in [0.15, 0.2) is 18.6 Å². The first-order chi connectivity index (χ1) is 6.33. The van der Waals surface area contributed by atoms with Gasteiger partial charge in [0.1, 0.15) is 6.07 Å². The van der Waals surface area contributed by atoms with E-state index in [-0.39, 0.29) is 0 Å². The summed E-state index contributed by atoms with van der Waals surface area (Å²) in [5.41, 5.74) is 1.26. The molecule has 0 unspecified atom stereocenters. The predicted molar refractivity (Wildman–Crippen MR) is 47.3 cm³/mol. The highest BCUT2D eigenvalue weighted by Crippen LogP contribution is 2.05. The number of nitrogens with zero attached hydrogens (tertiary/aromatic N) is 4. The van der Waals surface area contributed by atoms with Crippen LogP contribution in [0.3, 0.4) is 0 Å². The van der Waals surface area contributed by atoms with Gasteiger partial charge in [-0.3, -0.25) is 4.40 Å². The first-order valence-electron chi connectivity index (χ1n) is 3.63. The molecule has 0 N–H and O–H groups in total. The number of imidazole rings is 1. The van der Waals surface area contributed by atoms with E-state index in [9.17, 15) is 0 Å². The molecule has 2 aromatic heterocycles. The van der Waals surface area contributed by atoms with Crippen LogP contribution >= 0.6 is 11.6 Å². The Balaban J connectivity index is 2.65. The Morgan fingerprint density at radius 3 is 3.08 bits per heavy atom. The number of aromatic nitrogens is 3. The SMILES string of the molecule is N#Cc1cnc2nc(CCl)cn2c1. The van der Waals surface area contributed by atoms with Crippen molar-refractivity contribution in [2.45, 2.75) is 5.88 Å². The van der Waals surface area contributed by atoms with Crippen molar-refractivity contribution in [2.75, 3.05) is 0 Å². The molecule has 64 valence electrons. The van der Waals surface area contributed by atoms with Crippen molar-refractivity contribution >= 4 is 17.4 Å². The molecule has 4 nitrogen and oxygen atoms in total. The van der Waals surface area contributed by atoms with Gasteiger partial charge in [0.15, 0.2) is 0 Å². The average Bonchev–Trinajstić information content (AvgIpc) is 2.58. The van der Waals surface area contributed by atoms with Crippen LogP contribution in [0.5, 0.6) is 0 Å². The summed E-state index contributed by atoms with van der Waals surface area (Å²) in [6.45, 7) is 0. The van der Waals surface area contributed by atoms with E-state index in [2.05, 4.69) is 9.97 Å². The van der Waals surface area contributed by atoms with Crippen molar-refractivity contribution in [1.82, 2.24) is 14.4 Å². The fourth-order valence-corrected chi connectivity index (χ4v) is 1.19. The molecule has 0 fully saturated rings. The van der Waals surface area contributed by atoms with E-state index >= 15 is 0 Å². The Hall–Kier alpha value is -1.60. The summed E-state index contributed by atoms with van der Waals surface area (Å²) in [4.78, 5) is 8.11. The number of hydrogen-bond acceptors (Lipinski definition) is 3. The lowest BCUT2D eigenvalue weighted by Gasteiger charge is -1.90. The van der Waals surface area contributed by atoms with Crippen molar-refractivity contribution in [1.29, 1.82) is 5.26 Å². The quantitative estimate of drug-likeness (QED) is 0.641. The molecule has 0 saturated heterocycles. The van der Waals surface area contributed by atoms with E-state index in [1.807, 2.05) is 6.07 Å². The minimum Gasteiger partial charge on any atom is -0.290 e. The van der Waals surface area contributed by atoms with Crippen molar-refractivity contribution in [3.05, 3.63) is 29.8 Å². The second-order valence-corrected chi connectivity index (χ2v) is 2.79. The van der Waals surface area contributed by atoms with E-state index in [1.54, 1.807) is 16.8 Å². The third kappa shape index (κ3) is 1.34. The van der Waals surface area contributed by atoms with E-state index in [0.717, 1.165) is 5.69 Å². The summed E-state index contributed by atoms with van der Waals surface area (Å²) >= 11 is 5.60. The number of halogens is 1. The maximum absolute atomic E-state index is 8.61. The highest BCUT2D eigenvalue weighted by molar-refractivity contribution is 6.16. The minimum atomic E-state index is 0.352. The molecular formula is C8H5ClN4. The second kappa shape index (κ2) is 3.04. The molecule has 0 bridgehead atoms. The zero-order valence-corrected chi connectivity index (χ0v) is 7.36. The molecule has 0 aliphatic carbocycles. The fraction of sp³-hybridized carbons (Fsp3) is 0.125. The molecule has 0 atom stereocenters. The normalized spacial score (nSPS) is 10.2. The summed E-state index contributed by atoms with van der Waals surface area (Å²) in [5, 5.41) is 8.61. The molecule has 0 spiro atoms. The number of rotatable bonds is 1. The van der Waals surface area contributed by atoms with Gasteiger partial charge in [-0.15, -0.1) is 11.6 Å². The Bertz CT molecular complexity index is 482. The molecule has 0 aliphatic heterocycles. The highest BCUT2D eigenvalue weighted by atomic mass is 35.5. The van der Waals surface area contributed by atoms with E-state index < -0.39 is 0 Å². The summed E-state index contributed by atoms with van der Waals surface area (Å²) in [7, 11) is 0. The van der Waals surface area contributed by atoms with Gasteiger partial charge in [0.25, 0.3) is 0 Å². The maximum Gasteiger partial charge on any atom is 0.234 e. The van der Waals surface area contributed by atoms with Crippen molar-refractivity contribution in [2.24, 2.45) is 0 Å². The topological polar surface area (TPSA) is 54.0 Å². The van der Waals surface area contributed by atoms with Gasteiger partial charge < -0.3 is 0 Å². The third-order valence-corrected chi connectivity index (χ3v) is 1.90. The zero-order chi connectivity index (χ0) is 9.26. The van der Waals surface area contributed by atoms with Crippen LogP contribution in [-0.2, 0) is 5.88 Å². The summed E-state index contributed by atoms with van der Waals surface area (Å²) in [6.07, 6.45) is 4.92. The van der Waals surface area contributed by atoms with Crippen LogP contribution < -0.4 is 0 Å². The molecule has 2 aromatic rings. The molecule has 0 saturated carbocycles. The lowest BCUT2D eigenvalue weighted by Crippen LogP contribution is -1.88. The van der Waals surface area contributed by atoms with E-state index in [0.29, 0.717) is 17.2 Å². The van der Waals surface area contributed by atoms with Gasteiger partial charge in [-0.05, 0) is 0 Å². The van der Waals surface area contributed by atoms with Crippen LogP contribution in [0.1, 0.15) is 11.3 Å². The summed E-state index contributed by atoms with van der Waals surface area (Å²) in [6, 6.07) is 2.00. The van der Waals surface area contributed by atoms with Gasteiger partial charge >= 0.3 is 0 Å². The van der Waals surface area contributed by atoms with Gasteiger partial charge in [0.2, 0.25) is 5.78 Å². The average molecular weight is 193 g/mol. The fourth-order valence-electron chi connectivity index (χ4n) is 1.06. The van der Waals surface area contributed by atoms with Crippen LogP contribution in [0, 0.1) is 11.3 Å². The van der Waals surface area contributed by atoms with Gasteiger partial charge in [0, 0.05) is 12.4 Å². The van der Waals surface area contributed by atoms with E-state index in [4.69, 9.17) is 16.9 Å². The number of hydrogen-bond donors (Lipinski definition) is 0. The Labute approximate surface area is 79.4 Å². The Morgan fingerprint density at radius 2 is 2.38 bits per heavy atom. The van der Waals surface area contributed by atoms with Crippen LogP contribution in [-0.4, -0.2) is 14.4 Å². The molecule has 13 heavy (non-hydrogen) atoms. The molecule has 0 aliphatic rings. The molecule has 0 aromatic carbocycles. The lowest BCUT2D eigenvalue weighted by molar-refractivity contribution is 1.10. The van der Waals surface area contributed by atoms with Gasteiger partial charge in [-0.25, -0.2) is 9.97 Å². The van der Waals surface area contributed by atoms with Crippen LogP contribution in [0.25, 0.3) is 5.78 Å². The van der Waals surface area contributed by atoms with Gasteiger partial charge in [0.05, 0.1) is 23.3 Å². The monoisotopic (exact) mass is 192 g/mol. The first kappa shape index (κ1) is 8.02. The number of alkyl halides is 1. The summed E-state index contributed by atoms with van der Waals surface area (Å²) < 4.78 is 1.69. The lowest BCUT2D eigenvalue weighted by atomic mass is 10.4. The molecular weight excluding hydrogens is 188 g/mol. The molecule has 2 rings (SSSR count). The van der Waals surface area contributed by atoms with Crippen molar-refractivity contribution in [3.63, 3.8) is 0 Å². The first-order valence-corrected chi connectivity index (χ1v) is 4.16. The van der Waals surface area contributed by atoms with E-state index in [1.165, 1.54) is 6.20 Å². The highest BCUT2D eigenvalue weighted by Gasteiger charge is 2.01. The minimum absolute atomic E-state index is 0.352. The predicted octanol–water partition coefficient (Wildman–Crippen LogP) is 1.34. The maximum atomic E-state index is 8.61. The Kier molecular flexibility index (Phi) is 1.87. The smallest absolute Gasteiger partial charge is 0.234 e. The largest absolute Gasteiger partial charge is 0.290 e.